The molecule has 2 rings (SSSR count). The first-order chi connectivity index (χ1) is 11.5. The molecule has 11 heteroatoms. The lowest BCUT2D eigenvalue weighted by molar-refractivity contribution is -0.143. The largest absolute Gasteiger partial charge is 0.416 e. The zero-order valence-electron chi connectivity index (χ0n) is 12.7. The molecular weight excluding hydrogens is 354 g/mol. The monoisotopic (exact) mass is 366 g/mol. The van der Waals surface area contributed by atoms with Gasteiger partial charge in [0.15, 0.2) is 0 Å². The molecule has 5 nitrogen and oxygen atoms in total. The number of rotatable bonds is 4. The molecule has 2 aromatic rings. The first kappa shape index (κ1) is 18.7. The Hall–Kier alpha value is -2.59. The Kier molecular flexibility index (Phi) is 5.04. The summed E-state index contributed by atoms with van der Waals surface area (Å²) in [6, 6.07) is 0.132. The Morgan fingerprint density at radius 1 is 1.12 bits per heavy atom. The number of benzene rings is 1. The van der Waals surface area contributed by atoms with Gasteiger partial charge in [-0.2, -0.15) is 31.4 Å². The molecule has 1 atom stereocenters. The van der Waals surface area contributed by atoms with Gasteiger partial charge in [0.05, 0.1) is 17.7 Å². The minimum atomic E-state index is -5.01. The van der Waals surface area contributed by atoms with Gasteiger partial charge in [-0.15, -0.1) is 0 Å². The van der Waals surface area contributed by atoms with Crippen molar-refractivity contribution in [3.05, 3.63) is 47.5 Å². The van der Waals surface area contributed by atoms with Gasteiger partial charge in [-0.3, -0.25) is 9.48 Å². The number of halogens is 6. The Balaban J connectivity index is 2.25. The fraction of sp³-hybridized carbons (Fsp3) is 0.357. The zero-order valence-corrected chi connectivity index (χ0v) is 12.7. The molecule has 0 aliphatic carbocycles. The number of amides is 1. The van der Waals surface area contributed by atoms with Gasteiger partial charge in [-0.05, 0) is 25.1 Å². The number of carbonyl (C=O) groups excluding carboxylic acids is 1. The van der Waals surface area contributed by atoms with Gasteiger partial charge in [0, 0.05) is 11.6 Å². The van der Waals surface area contributed by atoms with E-state index in [1.54, 1.807) is 0 Å². The fourth-order valence-electron chi connectivity index (χ4n) is 2.05. The maximum Gasteiger partial charge on any atom is 0.416 e. The maximum atomic E-state index is 12.8. The van der Waals surface area contributed by atoms with Crippen LogP contribution in [-0.4, -0.2) is 26.7 Å². The van der Waals surface area contributed by atoms with E-state index >= 15 is 0 Å². The van der Waals surface area contributed by atoms with Crippen molar-refractivity contribution in [2.24, 2.45) is 0 Å². The molecule has 0 spiro atoms. The third-order valence-corrected chi connectivity index (χ3v) is 3.15. The molecule has 1 aromatic heterocycles. The number of carbonyl (C=O) groups is 1. The van der Waals surface area contributed by atoms with Gasteiger partial charge in [-0.25, -0.2) is 4.98 Å². The number of aromatic nitrogens is 3. The highest BCUT2D eigenvalue weighted by Crippen LogP contribution is 2.36. The molecular formula is C14H12F6N4O. The SMILES string of the molecule is C[C@@H](Cn1cncn1)NC(=O)c1cc(C(F)(F)F)cc(C(F)(F)F)c1. The van der Waals surface area contributed by atoms with Crippen LogP contribution in [-0.2, 0) is 18.9 Å². The van der Waals surface area contributed by atoms with E-state index in [0.717, 1.165) is 0 Å². The van der Waals surface area contributed by atoms with Crippen molar-refractivity contribution in [2.45, 2.75) is 31.9 Å². The summed E-state index contributed by atoms with van der Waals surface area (Å²) in [5.41, 5.74) is -3.82. The fourth-order valence-corrected chi connectivity index (χ4v) is 2.05. The van der Waals surface area contributed by atoms with Crippen molar-refractivity contribution in [3.8, 4) is 0 Å². The predicted molar refractivity (Wildman–Crippen MR) is 73.4 cm³/mol. The topological polar surface area (TPSA) is 59.8 Å². The van der Waals surface area contributed by atoms with Crippen LogP contribution in [0.15, 0.2) is 30.9 Å². The van der Waals surface area contributed by atoms with E-state index in [-0.39, 0.29) is 12.6 Å². The van der Waals surface area contributed by atoms with Crippen molar-refractivity contribution in [2.75, 3.05) is 0 Å². The van der Waals surface area contributed by atoms with Crippen LogP contribution in [0.2, 0.25) is 0 Å². The Morgan fingerprint density at radius 3 is 2.12 bits per heavy atom. The molecule has 0 aliphatic rings. The molecule has 1 aromatic carbocycles. The molecule has 0 aliphatic heterocycles. The number of hydrogen-bond acceptors (Lipinski definition) is 3. The minimum Gasteiger partial charge on any atom is -0.348 e. The summed E-state index contributed by atoms with van der Waals surface area (Å²) in [5.74, 6) is -1.05. The highest BCUT2D eigenvalue weighted by Gasteiger charge is 2.37. The molecule has 0 bridgehead atoms. The third kappa shape index (κ3) is 4.94. The van der Waals surface area contributed by atoms with Crippen LogP contribution in [0.1, 0.15) is 28.4 Å². The van der Waals surface area contributed by atoms with Crippen molar-refractivity contribution >= 4 is 5.91 Å². The van der Waals surface area contributed by atoms with E-state index in [4.69, 9.17) is 0 Å². The lowest BCUT2D eigenvalue weighted by Crippen LogP contribution is -2.36. The van der Waals surface area contributed by atoms with E-state index in [1.165, 1.54) is 24.3 Å². The molecule has 1 heterocycles. The van der Waals surface area contributed by atoms with Crippen LogP contribution in [0.4, 0.5) is 26.3 Å². The first-order valence-corrected chi connectivity index (χ1v) is 6.89. The van der Waals surface area contributed by atoms with Gasteiger partial charge >= 0.3 is 12.4 Å². The number of alkyl halides is 6. The summed E-state index contributed by atoms with van der Waals surface area (Å²) < 4.78 is 78.1. The smallest absolute Gasteiger partial charge is 0.348 e. The second-order valence-electron chi connectivity index (χ2n) is 5.29. The Morgan fingerprint density at radius 2 is 1.68 bits per heavy atom. The van der Waals surface area contributed by atoms with Crippen LogP contribution in [0.5, 0.6) is 0 Å². The van der Waals surface area contributed by atoms with E-state index in [2.05, 4.69) is 15.4 Å². The second-order valence-corrected chi connectivity index (χ2v) is 5.29. The minimum absolute atomic E-state index is 0.0321. The van der Waals surface area contributed by atoms with Crippen LogP contribution >= 0.6 is 0 Å². The maximum absolute atomic E-state index is 12.8. The molecule has 0 radical (unpaired) electrons. The van der Waals surface area contributed by atoms with Crippen molar-refractivity contribution in [1.29, 1.82) is 0 Å². The Bertz CT molecular complexity index is 707. The molecule has 0 saturated carbocycles. The lowest BCUT2D eigenvalue weighted by Gasteiger charge is -2.16. The lowest BCUT2D eigenvalue weighted by atomic mass is 10.0. The van der Waals surface area contributed by atoms with Crippen molar-refractivity contribution in [3.63, 3.8) is 0 Å². The molecule has 136 valence electrons. The van der Waals surface area contributed by atoms with E-state index in [9.17, 15) is 31.1 Å². The quantitative estimate of drug-likeness (QED) is 0.846. The molecule has 1 N–H and O–H groups in total. The van der Waals surface area contributed by atoms with Gasteiger partial charge < -0.3 is 5.32 Å². The van der Waals surface area contributed by atoms with E-state index in [1.807, 2.05) is 0 Å². The number of nitrogens with one attached hydrogen (secondary N) is 1. The van der Waals surface area contributed by atoms with Crippen LogP contribution in [0.3, 0.4) is 0 Å². The zero-order chi connectivity index (χ0) is 18.8. The van der Waals surface area contributed by atoms with Gasteiger partial charge in [-0.1, -0.05) is 0 Å². The molecule has 1 amide bonds. The average molecular weight is 366 g/mol. The molecule has 0 fully saturated rings. The van der Waals surface area contributed by atoms with Crippen molar-refractivity contribution < 1.29 is 31.1 Å². The van der Waals surface area contributed by atoms with Crippen LogP contribution in [0, 0.1) is 0 Å². The molecule has 0 saturated heterocycles. The Labute approximate surface area is 137 Å². The van der Waals surface area contributed by atoms with Gasteiger partial charge in [0.1, 0.15) is 12.7 Å². The first-order valence-electron chi connectivity index (χ1n) is 6.89. The van der Waals surface area contributed by atoms with Gasteiger partial charge in [0.25, 0.3) is 5.91 Å². The summed E-state index contributed by atoms with van der Waals surface area (Å²) >= 11 is 0. The second kappa shape index (κ2) is 6.73. The standard InChI is InChI=1S/C14H12F6N4O/c1-8(5-24-7-21-6-22-24)23-12(25)9-2-10(13(15,16)17)4-11(3-9)14(18,19)20/h2-4,6-8H,5H2,1H3,(H,23,25)/t8-/m0/s1. The van der Waals surface area contributed by atoms with Crippen LogP contribution in [0.25, 0.3) is 0 Å². The average Bonchev–Trinajstić information content (AvgIpc) is 2.97. The van der Waals surface area contributed by atoms with Gasteiger partial charge in [0.2, 0.25) is 0 Å². The summed E-state index contributed by atoms with van der Waals surface area (Å²) in [7, 11) is 0. The van der Waals surface area contributed by atoms with E-state index in [0.29, 0.717) is 12.1 Å². The van der Waals surface area contributed by atoms with Crippen LogP contribution < -0.4 is 5.32 Å². The summed E-state index contributed by atoms with van der Waals surface area (Å²) in [5, 5.41) is 6.12. The van der Waals surface area contributed by atoms with Crippen molar-refractivity contribution in [1.82, 2.24) is 20.1 Å². The highest BCUT2D eigenvalue weighted by atomic mass is 19.4. The molecule has 0 unspecified atom stereocenters. The predicted octanol–water partition coefficient (Wildman–Crippen LogP) is 3.13. The summed E-state index contributed by atoms with van der Waals surface area (Å²) in [6.45, 7) is 1.68. The highest BCUT2D eigenvalue weighted by molar-refractivity contribution is 5.94. The molecule has 25 heavy (non-hydrogen) atoms. The number of hydrogen-bond donors (Lipinski definition) is 1. The normalized spacial score (nSPS) is 13.6. The summed E-state index contributed by atoms with van der Waals surface area (Å²) in [6.07, 6.45) is -7.42. The third-order valence-electron chi connectivity index (χ3n) is 3.15. The summed E-state index contributed by atoms with van der Waals surface area (Å²) in [4.78, 5) is 15.7. The van der Waals surface area contributed by atoms with E-state index < -0.39 is 41.0 Å². The number of nitrogens with zero attached hydrogens (tertiary/aromatic N) is 3.